The second-order valence-corrected chi connectivity index (χ2v) is 4.58. The first-order valence-electron chi connectivity index (χ1n) is 6.00. The third kappa shape index (κ3) is 2.98. The van der Waals surface area contributed by atoms with E-state index in [0.29, 0.717) is 5.92 Å². The fraction of sp³-hybridized carbons (Fsp3) is 0.750. The molecule has 0 aromatic carbocycles. The number of aromatic nitrogens is 2. The first-order valence-corrected chi connectivity index (χ1v) is 6.38. The number of nitrogens with one attached hydrogen (secondary N) is 1. The summed E-state index contributed by atoms with van der Waals surface area (Å²) in [5, 5.41) is 8.51. The van der Waals surface area contributed by atoms with Crippen LogP contribution in [0.2, 0.25) is 5.02 Å². The summed E-state index contributed by atoms with van der Waals surface area (Å²) in [7, 11) is 1.99. The molecule has 16 heavy (non-hydrogen) atoms. The van der Waals surface area contributed by atoms with Crippen LogP contribution in [-0.2, 0) is 13.0 Å². The highest BCUT2D eigenvalue weighted by molar-refractivity contribution is 6.31. The molecule has 0 saturated heterocycles. The zero-order chi connectivity index (χ0) is 12.1. The Labute approximate surface area is 103 Å². The maximum atomic E-state index is 6.29. The van der Waals surface area contributed by atoms with Crippen molar-refractivity contribution in [3.8, 4) is 0 Å². The summed E-state index contributed by atoms with van der Waals surface area (Å²) >= 11 is 6.29. The van der Waals surface area contributed by atoms with Crippen molar-refractivity contribution in [2.45, 2.75) is 40.2 Å². The number of aryl methyl sites for hydroxylation is 2. The Balaban J connectivity index is 2.85. The van der Waals surface area contributed by atoms with E-state index in [1.54, 1.807) is 0 Å². The number of halogens is 1. The summed E-state index contributed by atoms with van der Waals surface area (Å²) in [6.45, 7) is 8.21. The number of nitrogens with zero attached hydrogens (tertiary/aromatic N) is 2. The first-order chi connectivity index (χ1) is 7.63. The van der Waals surface area contributed by atoms with Crippen molar-refractivity contribution in [3.63, 3.8) is 0 Å². The van der Waals surface area contributed by atoms with Crippen LogP contribution in [0.15, 0.2) is 0 Å². The van der Waals surface area contributed by atoms with Crippen molar-refractivity contribution >= 4 is 11.6 Å². The van der Waals surface area contributed by atoms with Crippen molar-refractivity contribution in [2.24, 2.45) is 5.92 Å². The predicted molar refractivity (Wildman–Crippen MR) is 69.1 cm³/mol. The smallest absolute Gasteiger partial charge is 0.0847 e. The normalized spacial score (nSPS) is 13.1. The molecule has 92 valence electrons. The number of hydrogen-bond donors (Lipinski definition) is 1. The van der Waals surface area contributed by atoms with Crippen molar-refractivity contribution in [1.29, 1.82) is 0 Å². The van der Waals surface area contributed by atoms with Gasteiger partial charge in [0.15, 0.2) is 0 Å². The molecular formula is C12H22ClN3. The van der Waals surface area contributed by atoms with Crippen LogP contribution in [0.3, 0.4) is 0 Å². The minimum absolute atomic E-state index is 0.629. The first kappa shape index (κ1) is 13.5. The second kappa shape index (κ2) is 6.26. The van der Waals surface area contributed by atoms with Gasteiger partial charge in [0, 0.05) is 6.54 Å². The van der Waals surface area contributed by atoms with E-state index in [0.717, 1.165) is 36.6 Å². The van der Waals surface area contributed by atoms with E-state index >= 15 is 0 Å². The predicted octanol–water partition coefficient (Wildman–Crippen LogP) is 2.65. The van der Waals surface area contributed by atoms with E-state index in [1.807, 2.05) is 18.7 Å². The van der Waals surface area contributed by atoms with Gasteiger partial charge in [0.25, 0.3) is 0 Å². The molecule has 0 radical (unpaired) electrons. The monoisotopic (exact) mass is 243 g/mol. The topological polar surface area (TPSA) is 29.9 Å². The minimum atomic E-state index is 0.629. The van der Waals surface area contributed by atoms with Crippen molar-refractivity contribution < 1.29 is 0 Å². The highest BCUT2D eigenvalue weighted by Gasteiger charge is 2.16. The zero-order valence-corrected chi connectivity index (χ0v) is 11.4. The lowest BCUT2D eigenvalue weighted by atomic mass is 10.00. The van der Waals surface area contributed by atoms with Crippen molar-refractivity contribution in [3.05, 3.63) is 16.4 Å². The molecule has 1 atom stereocenters. The molecule has 0 bridgehead atoms. The Morgan fingerprint density at radius 2 is 2.12 bits per heavy atom. The molecule has 1 unspecified atom stereocenters. The van der Waals surface area contributed by atoms with E-state index in [-0.39, 0.29) is 0 Å². The lowest BCUT2D eigenvalue weighted by molar-refractivity contribution is 0.460. The lowest BCUT2D eigenvalue weighted by Gasteiger charge is -2.15. The third-order valence-corrected chi connectivity index (χ3v) is 3.50. The summed E-state index contributed by atoms with van der Waals surface area (Å²) in [6, 6.07) is 0. The molecule has 0 saturated carbocycles. The van der Waals surface area contributed by atoms with Gasteiger partial charge in [-0.2, -0.15) is 5.10 Å². The number of hydrogen-bond acceptors (Lipinski definition) is 2. The average Bonchev–Trinajstić information content (AvgIpc) is 2.55. The minimum Gasteiger partial charge on any atom is -0.319 e. The zero-order valence-electron chi connectivity index (χ0n) is 10.7. The van der Waals surface area contributed by atoms with Crippen LogP contribution in [0, 0.1) is 12.8 Å². The highest BCUT2D eigenvalue weighted by atomic mass is 35.5. The maximum Gasteiger partial charge on any atom is 0.0847 e. The van der Waals surface area contributed by atoms with E-state index in [4.69, 9.17) is 11.6 Å². The van der Waals surface area contributed by atoms with Gasteiger partial charge in [0.2, 0.25) is 0 Å². The van der Waals surface area contributed by atoms with Crippen molar-refractivity contribution in [1.82, 2.24) is 15.1 Å². The van der Waals surface area contributed by atoms with E-state index in [2.05, 4.69) is 24.3 Å². The molecule has 0 aliphatic carbocycles. The van der Waals surface area contributed by atoms with E-state index in [9.17, 15) is 0 Å². The van der Waals surface area contributed by atoms with Crippen LogP contribution in [0.25, 0.3) is 0 Å². The summed E-state index contributed by atoms with van der Waals surface area (Å²) in [5.41, 5.74) is 2.13. The molecule has 0 aliphatic rings. The lowest BCUT2D eigenvalue weighted by Crippen LogP contribution is -2.21. The summed E-state index contributed by atoms with van der Waals surface area (Å²) < 4.78 is 2.02. The molecular weight excluding hydrogens is 222 g/mol. The van der Waals surface area contributed by atoms with Crippen LogP contribution in [-0.4, -0.2) is 23.4 Å². The molecule has 0 aliphatic heterocycles. The highest BCUT2D eigenvalue weighted by Crippen LogP contribution is 2.23. The van der Waals surface area contributed by atoms with Crippen LogP contribution < -0.4 is 5.32 Å². The average molecular weight is 244 g/mol. The quantitative estimate of drug-likeness (QED) is 0.833. The Morgan fingerprint density at radius 1 is 1.44 bits per heavy atom. The van der Waals surface area contributed by atoms with Gasteiger partial charge in [0.05, 0.1) is 16.4 Å². The van der Waals surface area contributed by atoms with Crippen molar-refractivity contribution in [2.75, 3.05) is 13.6 Å². The van der Waals surface area contributed by atoms with Crippen LogP contribution in [0.1, 0.15) is 31.7 Å². The van der Waals surface area contributed by atoms with Gasteiger partial charge < -0.3 is 5.32 Å². The molecule has 3 nitrogen and oxygen atoms in total. The summed E-state index contributed by atoms with van der Waals surface area (Å²) in [5.74, 6) is 0.629. The van der Waals surface area contributed by atoms with Gasteiger partial charge in [-0.05, 0) is 39.8 Å². The van der Waals surface area contributed by atoms with Crippen LogP contribution in [0.4, 0.5) is 0 Å². The molecule has 1 aromatic heterocycles. The van der Waals surface area contributed by atoms with Gasteiger partial charge in [0.1, 0.15) is 0 Å². The fourth-order valence-electron chi connectivity index (χ4n) is 1.99. The van der Waals surface area contributed by atoms with Gasteiger partial charge in [-0.3, -0.25) is 4.68 Å². The molecule has 0 fully saturated rings. The third-order valence-electron chi connectivity index (χ3n) is 3.01. The molecule has 0 amide bonds. The molecule has 1 heterocycles. The Morgan fingerprint density at radius 3 is 2.62 bits per heavy atom. The fourth-order valence-corrected chi connectivity index (χ4v) is 2.20. The van der Waals surface area contributed by atoms with Gasteiger partial charge in [-0.15, -0.1) is 0 Å². The Bertz CT molecular complexity index is 333. The largest absolute Gasteiger partial charge is 0.319 e. The summed E-state index contributed by atoms with van der Waals surface area (Å²) in [6.07, 6.45) is 2.16. The van der Waals surface area contributed by atoms with Crippen LogP contribution in [0.5, 0.6) is 0 Å². The second-order valence-electron chi connectivity index (χ2n) is 4.20. The molecule has 4 heteroatoms. The SMILES string of the molecule is CCC(CNC)Cc1c(Cl)c(C)nn1CC. The molecule has 1 aromatic rings. The molecule has 0 spiro atoms. The Hall–Kier alpha value is -0.540. The Kier molecular flexibility index (Phi) is 5.29. The van der Waals surface area contributed by atoms with Gasteiger partial charge >= 0.3 is 0 Å². The molecule has 1 N–H and O–H groups in total. The standard InChI is InChI=1S/C12H22ClN3/c1-5-10(8-14-4)7-11-12(13)9(3)15-16(11)6-2/h10,14H,5-8H2,1-4H3. The summed E-state index contributed by atoms with van der Waals surface area (Å²) in [4.78, 5) is 0. The van der Waals surface area contributed by atoms with Gasteiger partial charge in [-0.1, -0.05) is 24.9 Å². The van der Waals surface area contributed by atoms with E-state index < -0.39 is 0 Å². The van der Waals surface area contributed by atoms with Crippen LogP contribution >= 0.6 is 11.6 Å². The number of rotatable bonds is 6. The molecule has 1 rings (SSSR count). The van der Waals surface area contributed by atoms with Gasteiger partial charge in [-0.25, -0.2) is 0 Å². The maximum absolute atomic E-state index is 6.29. The van der Waals surface area contributed by atoms with E-state index in [1.165, 1.54) is 5.69 Å².